The van der Waals surface area contributed by atoms with Crippen molar-refractivity contribution in [3.8, 4) is 0 Å². The average molecular weight is 275 g/mol. The normalized spacial score (nSPS) is 22.2. The lowest BCUT2D eigenvalue weighted by atomic mass is 9.83. The molecule has 1 saturated heterocycles. The molecule has 1 spiro atoms. The van der Waals surface area contributed by atoms with Crippen LogP contribution in [-0.2, 0) is 11.2 Å². The Morgan fingerprint density at radius 3 is 2.80 bits per heavy atom. The Bertz CT molecular complexity index is 463. The second kappa shape index (κ2) is 5.68. The molecule has 1 aromatic heterocycles. The van der Waals surface area contributed by atoms with E-state index in [0.29, 0.717) is 0 Å². The van der Waals surface area contributed by atoms with Gasteiger partial charge >= 0.3 is 0 Å². The maximum atomic E-state index is 6.16. The highest BCUT2D eigenvalue weighted by molar-refractivity contribution is 5.41. The molecule has 20 heavy (non-hydrogen) atoms. The molecule has 4 nitrogen and oxygen atoms in total. The zero-order valence-electron chi connectivity index (χ0n) is 12.7. The molecule has 0 N–H and O–H groups in total. The van der Waals surface area contributed by atoms with Gasteiger partial charge in [-0.15, -0.1) is 0 Å². The monoisotopic (exact) mass is 275 g/mol. The highest BCUT2D eigenvalue weighted by Gasteiger charge is 2.38. The molecular weight excluding hydrogens is 250 g/mol. The Morgan fingerprint density at radius 1 is 1.25 bits per heavy atom. The van der Waals surface area contributed by atoms with Crippen LogP contribution in [0.1, 0.15) is 50.5 Å². The third kappa shape index (κ3) is 2.80. The summed E-state index contributed by atoms with van der Waals surface area (Å²) in [6.07, 6.45) is 7.33. The molecule has 2 fully saturated rings. The molecule has 1 aliphatic carbocycles. The minimum absolute atomic E-state index is 0.0851. The van der Waals surface area contributed by atoms with E-state index in [4.69, 9.17) is 4.74 Å². The van der Waals surface area contributed by atoms with Gasteiger partial charge in [0.05, 0.1) is 12.2 Å². The summed E-state index contributed by atoms with van der Waals surface area (Å²) in [5.41, 5.74) is 1.22. The molecule has 110 valence electrons. The first-order valence-corrected chi connectivity index (χ1v) is 7.94. The molecule has 0 unspecified atom stereocenters. The fraction of sp³-hybridized carbons (Fsp3) is 0.750. The van der Waals surface area contributed by atoms with Gasteiger partial charge in [-0.25, -0.2) is 9.97 Å². The van der Waals surface area contributed by atoms with Gasteiger partial charge in [-0.05, 0) is 26.2 Å². The summed E-state index contributed by atoms with van der Waals surface area (Å²) in [6, 6.07) is 2.15. The van der Waals surface area contributed by atoms with Crippen molar-refractivity contribution in [3.05, 3.63) is 17.6 Å². The minimum Gasteiger partial charge on any atom is -0.371 e. The number of morpholine rings is 1. The molecule has 1 aromatic rings. The predicted octanol–water partition coefficient (Wildman–Crippen LogP) is 2.89. The highest BCUT2D eigenvalue weighted by Crippen LogP contribution is 2.35. The van der Waals surface area contributed by atoms with Crippen molar-refractivity contribution in [3.63, 3.8) is 0 Å². The van der Waals surface area contributed by atoms with Crippen LogP contribution in [0.2, 0.25) is 0 Å². The lowest BCUT2D eigenvalue weighted by Crippen LogP contribution is -2.53. The highest BCUT2D eigenvalue weighted by atomic mass is 16.5. The van der Waals surface area contributed by atoms with Crippen molar-refractivity contribution in [1.82, 2.24) is 9.97 Å². The number of hydrogen-bond acceptors (Lipinski definition) is 4. The lowest BCUT2D eigenvalue weighted by molar-refractivity contribution is -0.0783. The topological polar surface area (TPSA) is 38.2 Å². The maximum absolute atomic E-state index is 6.16. The smallest absolute Gasteiger partial charge is 0.132 e. The van der Waals surface area contributed by atoms with E-state index in [-0.39, 0.29) is 5.60 Å². The summed E-state index contributed by atoms with van der Waals surface area (Å²) in [7, 11) is 0. The molecule has 0 amide bonds. The van der Waals surface area contributed by atoms with Gasteiger partial charge in [0.15, 0.2) is 0 Å². The first-order valence-electron chi connectivity index (χ1n) is 7.94. The molecule has 1 saturated carbocycles. The van der Waals surface area contributed by atoms with Crippen LogP contribution in [0.15, 0.2) is 6.07 Å². The minimum atomic E-state index is 0.0851. The summed E-state index contributed by atoms with van der Waals surface area (Å²) >= 11 is 0. The van der Waals surface area contributed by atoms with Crippen LogP contribution in [0.25, 0.3) is 0 Å². The van der Waals surface area contributed by atoms with Crippen LogP contribution in [0.3, 0.4) is 0 Å². The van der Waals surface area contributed by atoms with E-state index < -0.39 is 0 Å². The summed E-state index contributed by atoms with van der Waals surface area (Å²) in [5.74, 6) is 1.96. The molecule has 0 radical (unpaired) electrons. The third-order valence-electron chi connectivity index (χ3n) is 4.58. The first-order chi connectivity index (χ1) is 9.71. The average Bonchev–Trinajstić information content (AvgIpc) is 2.47. The Labute approximate surface area is 121 Å². The van der Waals surface area contributed by atoms with Crippen molar-refractivity contribution in [2.24, 2.45) is 0 Å². The van der Waals surface area contributed by atoms with E-state index >= 15 is 0 Å². The van der Waals surface area contributed by atoms with Crippen molar-refractivity contribution in [2.75, 3.05) is 24.6 Å². The summed E-state index contributed by atoms with van der Waals surface area (Å²) in [5, 5.41) is 0. The number of nitrogens with zero attached hydrogens (tertiary/aromatic N) is 3. The molecular formula is C16H25N3O. The molecule has 1 aliphatic heterocycles. The maximum Gasteiger partial charge on any atom is 0.132 e. The lowest BCUT2D eigenvalue weighted by Gasteiger charge is -2.45. The SMILES string of the molecule is CCc1cc(N2CCOC3(CCCCC3)C2)nc(C)n1. The molecule has 0 atom stereocenters. The van der Waals surface area contributed by atoms with Crippen molar-refractivity contribution < 1.29 is 4.74 Å². The number of ether oxygens (including phenoxy) is 1. The third-order valence-corrected chi connectivity index (χ3v) is 4.58. The largest absolute Gasteiger partial charge is 0.371 e. The number of aromatic nitrogens is 2. The van der Waals surface area contributed by atoms with Gasteiger partial charge in [-0.2, -0.15) is 0 Å². The van der Waals surface area contributed by atoms with E-state index in [1.807, 2.05) is 6.92 Å². The Morgan fingerprint density at radius 2 is 2.05 bits per heavy atom. The fourth-order valence-electron chi connectivity index (χ4n) is 3.49. The van der Waals surface area contributed by atoms with Gasteiger partial charge in [-0.3, -0.25) is 0 Å². The van der Waals surface area contributed by atoms with E-state index in [1.54, 1.807) is 0 Å². The Hall–Kier alpha value is -1.16. The van der Waals surface area contributed by atoms with Crippen molar-refractivity contribution in [1.29, 1.82) is 0 Å². The molecule has 4 heteroatoms. The van der Waals surface area contributed by atoms with Crippen LogP contribution in [0.4, 0.5) is 5.82 Å². The zero-order valence-corrected chi connectivity index (χ0v) is 12.7. The second-order valence-corrected chi connectivity index (χ2v) is 6.13. The van der Waals surface area contributed by atoms with Gasteiger partial charge < -0.3 is 9.64 Å². The van der Waals surface area contributed by atoms with E-state index in [9.17, 15) is 0 Å². The van der Waals surface area contributed by atoms with E-state index in [1.165, 1.54) is 32.1 Å². The first kappa shape index (κ1) is 13.8. The number of rotatable bonds is 2. The van der Waals surface area contributed by atoms with Gasteiger partial charge in [-0.1, -0.05) is 26.2 Å². The van der Waals surface area contributed by atoms with Crippen LogP contribution < -0.4 is 4.90 Å². The zero-order chi connectivity index (χ0) is 14.0. The molecule has 3 rings (SSSR count). The molecule has 0 bridgehead atoms. The molecule has 2 heterocycles. The van der Waals surface area contributed by atoms with Gasteiger partial charge in [0, 0.05) is 24.8 Å². The molecule has 2 aliphatic rings. The van der Waals surface area contributed by atoms with Crippen LogP contribution in [-0.4, -0.2) is 35.3 Å². The summed E-state index contributed by atoms with van der Waals surface area (Å²) in [6.45, 7) is 6.89. The standard InChI is InChI=1S/C16H25N3O/c1-3-14-11-15(18-13(2)17-14)19-9-10-20-16(12-19)7-5-4-6-8-16/h11H,3-10,12H2,1-2H3. The van der Waals surface area contributed by atoms with Gasteiger partial charge in [0.1, 0.15) is 11.6 Å². The van der Waals surface area contributed by atoms with E-state index in [0.717, 1.165) is 43.5 Å². The van der Waals surface area contributed by atoms with Gasteiger partial charge in [0.25, 0.3) is 0 Å². The van der Waals surface area contributed by atoms with Crippen molar-refractivity contribution >= 4 is 5.82 Å². The Balaban J connectivity index is 1.81. The second-order valence-electron chi connectivity index (χ2n) is 6.13. The number of hydrogen-bond donors (Lipinski definition) is 0. The predicted molar refractivity (Wildman–Crippen MR) is 80.1 cm³/mol. The van der Waals surface area contributed by atoms with Crippen LogP contribution in [0, 0.1) is 6.92 Å². The fourth-order valence-corrected chi connectivity index (χ4v) is 3.49. The van der Waals surface area contributed by atoms with E-state index in [2.05, 4.69) is 27.9 Å². The van der Waals surface area contributed by atoms with Crippen molar-refractivity contribution in [2.45, 2.75) is 58.0 Å². The summed E-state index contributed by atoms with van der Waals surface area (Å²) < 4.78 is 6.16. The van der Waals surface area contributed by atoms with Crippen LogP contribution in [0.5, 0.6) is 0 Å². The number of aryl methyl sites for hydroxylation is 2. The van der Waals surface area contributed by atoms with Crippen LogP contribution >= 0.6 is 0 Å². The summed E-state index contributed by atoms with van der Waals surface area (Å²) in [4.78, 5) is 11.5. The van der Waals surface area contributed by atoms with Gasteiger partial charge in [0.2, 0.25) is 0 Å². The number of anilines is 1. The quantitative estimate of drug-likeness (QED) is 0.832. The molecule has 0 aromatic carbocycles. The Kier molecular flexibility index (Phi) is 3.92.